The second kappa shape index (κ2) is 11.5. The minimum Gasteiger partial charge on any atom is -0.379 e. The molecule has 2 fully saturated rings. The summed E-state index contributed by atoms with van der Waals surface area (Å²) in [5.41, 5.74) is 5.98. The number of rotatable bonds is 5. The third kappa shape index (κ3) is 7.14. The predicted molar refractivity (Wildman–Crippen MR) is 98.5 cm³/mol. The summed E-state index contributed by atoms with van der Waals surface area (Å²) in [6, 6.07) is 0.602. The van der Waals surface area contributed by atoms with Gasteiger partial charge in [0.15, 0.2) is 0 Å². The van der Waals surface area contributed by atoms with Gasteiger partial charge in [-0.1, -0.05) is 20.3 Å². The molecular formula is C16H33Cl2N3O2. The minimum absolute atomic E-state index is 0. The highest BCUT2D eigenvalue weighted by Gasteiger charge is 2.28. The van der Waals surface area contributed by atoms with Crippen molar-refractivity contribution in [2.45, 2.75) is 51.6 Å². The van der Waals surface area contributed by atoms with Crippen LogP contribution in [-0.2, 0) is 9.53 Å². The van der Waals surface area contributed by atoms with Crippen LogP contribution < -0.4 is 11.1 Å². The first kappa shape index (κ1) is 22.9. The number of halogens is 2. The van der Waals surface area contributed by atoms with Gasteiger partial charge >= 0.3 is 0 Å². The Morgan fingerprint density at radius 2 is 1.91 bits per heavy atom. The van der Waals surface area contributed by atoms with Gasteiger partial charge in [-0.05, 0) is 25.2 Å². The van der Waals surface area contributed by atoms with Gasteiger partial charge in [-0.2, -0.15) is 0 Å². The van der Waals surface area contributed by atoms with E-state index in [1.807, 2.05) is 0 Å². The van der Waals surface area contributed by atoms with Crippen molar-refractivity contribution in [3.05, 3.63) is 0 Å². The summed E-state index contributed by atoms with van der Waals surface area (Å²) in [5.74, 6) is 0.840. The third-order valence-electron chi connectivity index (χ3n) is 4.86. The normalized spacial score (nSPS) is 26.8. The number of nitrogens with zero attached hydrogens (tertiary/aromatic N) is 1. The molecule has 1 aliphatic heterocycles. The van der Waals surface area contributed by atoms with E-state index in [1.54, 1.807) is 0 Å². The van der Waals surface area contributed by atoms with E-state index in [4.69, 9.17) is 10.5 Å². The summed E-state index contributed by atoms with van der Waals surface area (Å²) < 4.78 is 5.42. The molecule has 0 bridgehead atoms. The average Bonchev–Trinajstić information content (AvgIpc) is 2.48. The highest BCUT2D eigenvalue weighted by molar-refractivity contribution is 5.85. The number of hydrogen-bond acceptors (Lipinski definition) is 4. The number of nitrogens with two attached hydrogens (primary N) is 1. The largest absolute Gasteiger partial charge is 0.379 e. The molecular weight excluding hydrogens is 337 g/mol. The van der Waals surface area contributed by atoms with Crippen molar-refractivity contribution in [2.24, 2.45) is 17.6 Å². The first-order valence-corrected chi connectivity index (χ1v) is 8.43. The molecule has 0 radical (unpaired) electrons. The van der Waals surface area contributed by atoms with Crippen LogP contribution in [0.1, 0.15) is 39.5 Å². The summed E-state index contributed by atoms with van der Waals surface area (Å²) >= 11 is 0. The van der Waals surface area contributed by atoms with Crippen LogP contribution >= 0.6 is 24.8 Å². The Labute approximate surface area is 152 Å². The second-order valence-corrected chi connectivity index (χ2v) is 6.83. The van der Waals surface area contributed by atoms with E-state index in [-0.39, 0.29) is 42.7 Å². The number of carbonyl (C=O) groups is 1. The van der Waals surface area contributed by atoms with Crippen molar-refractivity contribution in [1.29, 1.82) is 0 Å². The Kier molecular flexibility index (Phi) is 11.4. The highest BCUT2D eigenvalue weighted by atomic mass is 35.5. The molecule has 0 spiro atoms. The van der Waals surface area contributed by atoms with Crippen molar-refractivity contribution in [3.63, 3.8) is 0 Å². The third-order valence-corrected chi connectivity index (χ3v) is 4.86. The Balaban J connectivity index is 0.00000242. The topological polar surface area (TPSA) is 67.6 Å². The van der Waals surface area contributed by atoms with E-state index in [1.165, 1.54) is 0 Å². The lowest BCUT2D eigenvalue weighted by molar-refractivity contribution is -0.126. The van der Waals surface area contributed by atoms with Crippen LogP contribution in [0.25, 0.3) is 0 Å². The molecule has 2 aliphatic rings. The molecule has 7 heteroatoms. The van der Waals surface area contributed by atoms with E-state index in [9.17, 15) is 4.79 Å². The summed E-state index contributed by atoms with van der Waals surface area (Å²) in [4.78, 5) is 14.8. The smallest absolute Gasteiger partial charge is 0.223 e. The van der Waals surface area contributed by atoms with Crippen LogP contribution in [-0.4, -0.2) is 55.7 Å². The van der Waals surface area contributed by atoms with Crippen LogP contribution in [0.15, 0.2) is 0 Å². The van der Waals surface area contributed by atoms with Crippen LogP contribution in [0.3, 0.4) is 0 Å². The Bertz CT molecular complexity index is 339. The molecule has 3 unspecified atom stereocenters. The van der Waals surface area contributed by atoms with E-state index >= 15 is 0 Å². The van der Waals surface area contributed by atoms with Gasteiger partial charge in [0.25, 0.3) is 0 Å². The van der Waals surface area contributed by atoms with Crippen LogP contribution in [0.5, 0.6) is 0 Å². The lowest BCUT2D eigenvalue weighted by Gasteiger charge is -2.37. The summed E-state index contributed by atoms with van der Waals surface area (Å²) in [7, 11) is 0. The average molecular weight is 370 g/mol. The standard InChI is InChI=1S/C16H31N3O2.2ClH/c1-12(2)15(19-6-8-21-9-7-19)11-18-16(20)13-4-3-5-14(17)10-13;;/h12-15H,3-11,17H2,1-2H3,(H,18,20);2*1H. The number of hydrogen-bond donors (Lipinski definition) is 2. The molecule has 5 nitrogen and oxygen atoms in total. The molecule has 1 heterocycles. The van der Waals surface area contributed by atoms with E-state index in [2.05, 4.69) is 24.1 Å². The number of ether oxygens (including phenoxy) is 1. The fourth-order valence-electron chi connectivity index (χ4n) is 3.51. The lowest BCUT2D eigenvalue weighted by atomic mass is 9.85. The molecule has 138 valence electrons. The number of morpholine rings is 1. The van der Waals surface area contributed by atoms with Crippen molar-refractivity contribution in [1.82, 2.24) is 10.2 Å². The van der Waals surface area contributed by atoms with Crippen molar-refractivity contribution in [3.8, 4) is 0 Å². The Hall–Kier alpha value is -0.0700. The molecule has 2 rings (SSSR count). The summed E-state index contributed by atoms with van der Waals surface area (Å²) in [6.45, 7) is 8.72. The van der Waals surface area contributed by atoms with Crippen LogP contribution in [0.4, 0.5) is 0 Å². The van der Waals surface area contributed by atoms with Gasteiger partial charge in [0, 0.05) is 37.6 Å². The molecule has 1 saturated heterocycles. The van der Waals surface area contributed by atoms with Gasteiger partial charge in [-0.25, -0.2) is 0 Å². The summed E-state index contributed by atoms with van der Waals surface area (Å²) in [5, 5.41) is 3.17. The monoisotopic (exact) mass is 369 g/mol. The zero-order valence-corrected chi connectivity index (χ0v) is 16.0. The second-order valence-electron chi connectivity index (χ2n) is 6.83. The van der Waals surface area contributed by atoms with E-state index in [0.717, 1.165) is 58.5 Å². The molecule has 0 aromatic rings. The van der Waals surface area contributed by atoms with Crippen molar-refractivity contribution in [2.75, 3.05) is 32.8 Å². The zero-order valence-electron chi connectivity index (χ0n) is 14.3. The van der Waals surface area contributed by atoms with Gasteiger partial charge in [0.2, 0.25) is 5.91 Å². The van der Waals surface area contributed by atoms with E-state index < -0.39 is 0 Å². The predicted octanol–water partition coefficient (Wildman–Crippen LogP) is 1.82. The quantitative estimate of drug-likeness (QED) is 0.775. The van der Waals surface area contributed by atoms with Gasteiger partial charge in [-0.15, -0.1) is 24.8 Å². The Morgan fingerprint density at radius 1 is 1.26 bits per heavy atom. The van der Waals surface area contributed by atoms with Crippen LogP contribution in [0.2, 0.25) is 0 Å². The molecule has 3 atom stereocenters. The molecule has 3 N–H and O–H groups in total. The van der Waals surface area contributed by atoms with Crippen molar-refractivity contribution >= 4 is 30.7 Å². The summed E-state index contributed by atoms with van der Waals surface area (Å²) in [6.07, 6.45) is 3.97. The van der Waals surface area contributed by atoms with E-state index in [0.29, 0.717) is 12.0 Å². The van der Waals surface area contributed by atoms with Crippen LogP contribution in [0, 0.1) is 11.8 Å². The minimum atomic E-state index is 0. The molecule has 1 amide bonds. The van der Waals surface area contributed by atoms with Gasteiger partial charge < -0.3 is 15.8 Å². The first-order chi connectivity index (χ1) is 10.1. The Morgan fingerprint density at radius 3 is 2.48 bits per heavy atom. The SMILES string of the molecule is CC(C)C(CNC(=O)C1CCCC(N)C1)N1CCOCC1.Cl.Cl. The van der Waals surface area contributed by atoms with Gasteiger partial charge in [0.05, 0.1) is 13.2 Å². The maximum atomic E-state index is 12.3. The van der Waals surface area contributed by atoms with Gasteiger partial charge in [0.1, 0.15) is 0 Å². The fourth-order valence-corrected chi connectivity index (χ4v) is 3.51. The molecule has 0 aromatic carbocycles. The van der Waals surface area contributed by atoms with Gasteiger partial charge in [-0.3, -0.25) is 9.69 Å². The first-order valence-electron chi connectivity index (χ1n) is 8.43. The molecule has 1 saturated carbocycles. The molecule has 0 aromatic heterocycles. The maximum absolute atomic E-state index is 12.3. The number of amides is 1. The molecule has 1 aliphatic carbocycles. The zero-order chi connectivity index (χ0) is 15.2. The fraction of sp³-hybridized carbons (Fsp3) is 0.938. The highest BCUT2D eigenvalue weighted by Crippen LogP contribution is 2.23. The number of carbonyl (C=O) groups excluding carboxylic acids is 1. The maximum Gasteiger partial charge on any atom is 0.223 e. The van der Waals surface area contributed by atoms with Crippen molar-refractivity contribution < 1.29 is 9.53 Å². The number of nitrogens with one attached hydrogen (secondary N) is 1. The molecule has 23 heavy (non-hydrogen) atoms. The lowest BCUT2D eigenvalue weighted by Crippen LogP contribution is -2.52.